The van der Waals surface area contributed by atoms with Crippen molar-refractivity contribution in [3.63, 3.8) is 0 Å². The Morgan fingerprint density at radius 2 is 1.81 bits per heavy atom. The van der Waals surface area contributed by atoms with Crippen molar-refractivity contribution >= 4 is 34.0 Å². The predicted octanol–water partition coefficient (Wildman–Crippen LogP) is 4.15. The maximum absolute atomic E-state index is 12.5. The number of rotatable bonds is 4. The third-order valence-corrected chi connectivity index (χ3v) is 4.75. The van der Waals surface area contributed by atoms with Gasteiger partial charge in [-0.05, 0) is 41.0 Å². The molecule has 1 fully saturated rings. The van der Waals surface area contributed by atoms with Crippen LogP contribution < -0.4 is 10.2 Å². The van der Waals surface area contributed by atoms with Gasteiger partial charge in [0.25, 0.3) is 0 Å². The molecule has 0 aromatic heterocycles. The number of carbonyl (C=O) groups is 2. The maximum atomic E-state index is 12.5. The summed E-state index contributed by atoms with van der Waals surface area (Å²) in [4.78, 5) is 26.2. The number of anilines is 2. The summed E-state index contributed by atoms with van der Waals surface area (Å²) in [5, 5.41) is 5.19. The number of nitrogens with one attached hydrogen (secondary N) is 1. The van der Waals surface area contributed by atoms with Crippen LogP contribution in [0.5, 0.6) is 0 Å². The van der Waals surface area contributed by atoms with E-state index in [1.165, 1.54) is 0 Å². The van der Waals surface area contributed by atoms with Gasteiger partial charge in [-0.25, -0.2) is 0 Å². The molecule has 0 saturated carbocycles. The first kappa shape index (κ1) is 16.3. The molecule has 2 amide bonds. The number of benzene rings is 3. The highest BCUT2D eigenvalue weighted by atomic mass is 16.2. The van der Waals surface area contributed by atoms with Crippen molar-refractivity contribution in [3.05, 3.63) is 72.3 Å². The van der Waals surface area contributed by atoms with Crippen molar-refractivity contribution in [3.8, 4) is 0 Å². The van der Waals surface area contributed by atoms with Gasteiger partial charge in [-0.1, -0.05) is 48.5 Å². The summed E-state index contributed by atoms with van der Waals surface area (Å²) in [6.45, 7) is 0.742. The Kier molecular flexibility index (Phi) is 4.40. The fraction of sp³-hybridized carbons (Fsp3) is 0.182. The number of hydrogen-bond donors (Lipinski definition) is 1. The van der Waals surface area contributed by atoms with E-state index >= 15 is 0 Å². The summed E-state index contributed by atoms with van der Waals surface area (Å²) < 4.78 is 0. The Morgan fingerprint density at radius 1 is 1.00 bits per heavy atom. The molecule has 0 atom stereocenters. The lowest BCUT2D eigenvalue weighted by Gasteiger charge is -2.17. The molecule has 1 heterocycles. The zero-order valence-electron chi connectivity index (χ0n) is 14.4. The lowest BCUT2D eigenvalue weighted by atomic mass is 10.0. The molecular formula is C22H20N2O2. The third-order valence-electron chi connectivity index (χ3n) is 4.75. The van der Waals surface area contributed by atoms with Crippen LogP contribution in [0.25, 0.3) is 10.8 Å². The van der Waals surface area contributed by atoms with E-state index in [0.29, 0.717) is 18.5 Å². The van der Waals surface area contributed by atoms with Gasteiger partial charge in [0.05, 0.1) is 6.42 Å². The minimum Gasteiger partial charge on any atom is -0.326 e. The summed E-state index contributed by atoms with van der Waals surface area (Å²) in [7, 11) is 0. The summed E-state index contributed by atoms with van der Waals surface area (Å²) >= 11 is 0. The highest BCUT2D eigenvalue weighted by Crippen LogP contribution is 2.25. The normalized spacial score (nSPS) is 14.0. The molecule has 4 nitrogen and oxygen atoms in total. The van der Waals surface area contributed by atoms with Gasteiger partial charge < -0.3 is 10.2 Å². The maximum Gasteiger partial charge on any atom is 0.228 e. The second kappa shape index (κ2) is 7.00. The Bertz CT molecular complexity index is 975. The molecule has 0 spiro atoms. The topological polar surface area (TPSA) is 49.4 Å². The Labute approximate surface area is 152 Å². The van der Waals surface area contributed by atoms with Gasteiger partial charge in [0.2, 0.25) is 11.8 Å². The summed E-state index contributed by atoms with van der Waals surface area (Å²) in [6.07, 6.45) is 1.79. The molecule has 130 valence electrons. The molecule has 3 aromatic rings. The molecule has 1 aliphatic rings. The van der Waals surface area contributed by atoms with Gasteiger partial charge in [-0.3, -0.25) is 9.59 Å². The predicted molar refractivity (Wildman–Crippen MR) is 104 cm³/mol. The molecule has 0 bridgehead atoms. The molecule has 1 N–H and O–H groups in total. The first-order valence-corrected chi connectivity index (χ1v) is 8.88. The van der Waals surface area contributed by atoms with Gasteiger partial charge in [-0.2, -0.15) is 0 Å². The van der Waals surface area contributed by atoms with E-state index in [9.17, 15) is 9.59 Å². The lowest BCUT2D eigenvalue weighted by molar-refractivity contribution is -0.117. The van der Waals surface area contributed by atoms with Crippen LogP contribution in [-0.2, 0) is 16.0 Å². The largest absolute Gasteiger partial charge is 0.326 e. The average Bonchev–Trinajstić information content (AvgIpc) is 3.08. The van der Waals surface area contributed by atoms with Crippen molar-refractivity contribution in [2.45, 2.75) is 19.3 Å². The fourth-order valence-electron chi connectivity index (χ4n) is 3.50. The van der Waals surface area contributed by atoms with Crippen LogP contribution in [0.4, 0.5) is 11.4 Å². The van der Waals surface area contributed by atoms with Gasteiger partial charge in [0.15, 0.2) is 0 Å². The number of hydrogen-bond acceptors (Lipinski definition) is 2. The van der Waals surface area contributed by atoms with Crippen LogP contribution in [-0.4, -0.2) is 18.4 Å². The minimum atomic E-state index is -0.0637. The van der Waals surface area contributed by atoms with Crippen molar-refractivity contribution in [2.24, 2.45) is 0 Å². The van der Waals surface area contributed by atoms with E-state index in [2.05, 4.69) is 5.32 Å². The molecule has 26 heavy (non-hydrogen) atoms. The summed E-state index contributed by atoms with van der Waals surface area (Å²) in [5.74, 6) is 0.0792. The molecule has 1 aliphatic heterocycles. The van der Waals surface area contributed by atoms with Crippen molar-refractivity contribution in [2.75, 3.05) is 16.8 Å². The molecule has 0 radical (unpaired) electrons. The quantitative estimate of drug-likeness (QED) is 0.773. The van der Waals surface area contributed by atoms with E-state index in [1.807, 2.05) is 66.7 Å². The van der Waals surface area contributed by atoms with Crippen molar-refractivity contribution in [1.29, 1.82) is 0 Å². The van der Waals surface area contributed by atoms with Crippen molar-refractivity contribution < 1.29 is 9.59 Å². The number of nitrogens with zero attached hydrogens (tertiary/aromatic N) is 1. The first-order valence-electron chi connectivity index (χ1n) is 8.88. The smallest absolute Gasteiger partial charge is 0.228 e. The second-order valence-electron chi connectivity index (χ2n) is 6.56. The zero-order chi connectivity index (χ0) is 17.9. The molecule has 3 aromatic carbocycles. The number of carbonyl (C=O) groups excluding carboxylic acids is 2. The van der Waals surface area contributed by atoms with Gasteiger partial charge in [-0.15, -0.1) is 0 Å². The standard InChI is InChI=1S/C22H20N2O2/c25-21(14-17-8-3-7-16-6-1-2-11-20(16)17)23-18-9-4-10-19(15-18)24-13-5-12-22(24)26/h1-4,6-11,15H,5,12-14H2,(H,23,25). The molecule has 4 rings (SSSR count). The highest BCUT2D eigenvalue weighted by Gasteiger charge is 2.21. The zero-order valence-corrected chi connectivity index (χ0v) is 14.4. The average molecular weight is 344 g/mol. The molecule has 4 heteroatoms. The Balaban J connectivity index is 1.50. The minimum absolute atomic E-state index is 0.0637. The first-order chi connectivity index (χ1) is 12.7. The van der Waals surface area contributed by atoms with Crippen LogP contribution in [0.3, 0.4) is 0 Å². The molecule has 1 saturated heterocycles. The molecule has 0 aliphatic carbocycles. The van der Waals surface area contributed by atoms with Gasteiger partial charge in [0, 0.05) is 24.3 Å². The van der Waals surface area contributed by atoms with Crippen molar-refractivity contribution in [1.82, 2.24) is 0 Å². The summed E-state index contributed by atoms with van der Waals surface area (Å²) in [6, 6.07) is 21.6. The molecular weight excluding hydrogens is 324 g/mol. The van der Waals surface area contributed by atoms with E-state index in [4.69, 9.17) is 0 Å². The van der Waals surface area contributed by atoms with Gasteiger partial charge in [0.1, 0.15) is 0 Å². The monoisotopic (exact) mass is 344 g/mol. The fourth-order valence-corrected chi connectivity index (χ4v) is 3.50. The van der Waals surface area contributed by atoms with E-state index in [-0.39, 0.29) is 11.8 Å². The molecule has 0 unspecified atom stereocenters. The van der Waals surface area contributed by atoms with Crippen LogP contribution in [0.15, 0.2) is 66.7 Å². The van der Waals surface area contributed by atoms with E-state index in [1.54, 1.807) is 4.90 Å². The Morgan fingerprint density at radius 3 is 2.65 bits per heavy atom. The number of fused-ring (bicyclic) bond motifs is 1. The van der Waals surface area contributed by atoms with Gasteiger partial charge >= 0.3 is 0 Å². The Hall–Kier alpha value is -3.14. The third kappa shape index (κ3) is 3.31. The summed E-state index contributed by atoms with van der Waals surface area (Å²) in [5.41, 5.74) is 2.56. The number of amides is 2. The van der Waals surface area contributed by atoms with Crippen LogP contribution in [0.1, 0.15) is 18.4 Å². The lowest BCUT2D eigenvalue weighted by Crippen LogP contribution is -2.23. The van der Waals surface area contributed by atoms with Crippen LogP contribution in [0, 0.1) is 0 Å². The second-order valence-corrected chi connectivity index (χ2v) is 6.56. The SMILES string of the molecule is O=C(Cc1cccc2ccccc12)Nc1cccc(N2CCCC2=O)c1. The van der Waals surface area contributed by atoms with E-state index in [0.717, 1.165) is 35.0 Å². The highest BCUT2D eigenvalue weighted by molar-refractivity contribution is 5.98. The van der Waals surface area contributed by atoms with E-state index < -0.39 is 0 Å². The van der Waals surface area contributed by atoms with Crippen LogP contribution >= 0.6 is 0 Å². The van der Waals surface area contributed by atoms with Crippen LogP contribution in [0.2, 0.25) is 0 Å².